The van der Waals surface area contributed by atoms with Crippen LogP contribution in [0, 0.1) is 17.8 Å². The van der Waals surface area contributed by atoms with Crippen LogP contribution in [0.3, 0.4) is 0 Å². The fourth-order valence-corrected chi connectivity index (χ4v) is 3.65. The second-order valence-corrected chi connectivity index (χ2v) is 5.79. The molecule has 0 rings (SSSR count). The van der Waals surface area contributed by atoms with Gasteiger partial charge in [-0.15, -0.1) is 6.58 Å². The van der Waals surface area contributed by atoms with Gasteiger partial charge in [-0.2, -0.15) is 12.6 Å². The summed E-state index contributed by atoms with van der Waals surface area (Å²) >= 11 is 6.97. The summed E-state index contributed by atoms with van der Waals surface area (Å²) in [6.07, 6.45) is 4.25. The van der Waals surface area contributed by atoms with Crippen molar-refractivity contribution >= 4 is 35.2 Å². The van der Waals surface area contributed by atoms with Gasteiger partial charge in [0.1, 0.15) is 0 Å². The first kappa shape index (κ1) is 16.7. The Bertz CT molecular complexity index is 190. The first-order chi connectivity index (χ1) is 7.65. The van der Waals surface area contributed by atoms with E-state index in [0.717, 1.165) is 25.1 Å². The predicted octanol–water partition coefficient (Wildman–Crippen LogP) is 2.69. The Labute approximate surface area is 119 Å². The van der Waals surface area contributed by atoms with Gasteiger partial charge in [0.2, 0.25) is 0 Å². The highest BCUT2D eigenvalue weighted by Crippen LogP contribution is 2.32. The van der Waals surface area contributed by atoms with E-state index in [1.54, 1.807) is 0 Å². The summed E-state index contributed by atoms with van der Waals surface area (Å²) in [5.41, 5.74) is 5.72. The number of alkyl halides is 1. The molecule has 0 saturated carbocycles. The highest BCUT2D eigenvalue weighted by atomic mass is 127. The molecule has 0 radical (unpaired) electrons. The molecule has 0 aliphatic carbocycles. The van der Waals surface area contributed by atoms with Crippen LogP contribution in [0.2, 0.25) is 0 Å². The third-order valence-corrected chi connectivity index (χ3v) is 5.20. The predicted molar refractivity (Wildman–Crippen MR) is 85.4 cm³/mol. The number of allylic oxidation sites excluding steroid dienone is 1. The highest BCUT2D eigenvalue weighted by Gasteiger charge is 2.29. The molecule has 0 aliphatic heterocycles. The van der Waals surface area contributed by atoms with E-state index in [4.69, 9.17) is 5.73 Å². The molecular weight excluding hydrogens is 331 g/mol. The minimum Gasteiger partial charge on any atom is -0.330 e. The van der Waals surface area contributed by atoms with Gasteiger partial charge >= 0.3 is 0 Å². The van der Waals surface area contributed by atoms with E-state index in [1.165, 1.54) is 0 Å². The molecule has 0 aromatic rings. The molecule has 0 amide bonds. The molecule has 0 bridgehead atoms. The summed E-state index contributed by atoms with van der Waals surface area (Å²) in [4.78, 5) is 0. The Kier molecular flexibility index (Phi) is 10.2. The van der Waals surface area contributed by atoms with E-state index >= 15 is 0 Å². The van der Waals surface area contributed by atoms with Crippen LogP contribution in [0.15, 0.2) is 12.7 Å². The van der Waals surface area contributed by atoms with Gasteiger partial charge in [0.15, 0.2) is 0 Å². The van der Waals surface area contributed by atoms with Crippen molar-refractivity contribution in [2.75, 3.05) is 19.3 Å². The standard InChI is InChI=1S/C12H25IN2S/c1-4-9(5-2)11(8-16)10(6-7-14)12(13)15-3/h4,9-12,15-16H,1,5-8,14H2,2-3H3/t9?,10-,11?,12?/m1/s1. The summed E-state index contributed by atoms with van der Waals surface area (Å²) < 4.78 is 0.451. The van der Waals surface area contributed by atoms with Crippen LogP contribution in [-0.4, -0.2) is 23.4 Å². The van der Waals surface area contributed by atoms with E-state index in [0.29, 0.717) is 21.8 Å². The topological polar surface area (TPSA) is 38.0 Å². The van der Waals surface area contributed by atoms with Crippen LogP contribution in [0.1, 0.15) is 19.8 Å². The molecule has 0 aromatic carbocycles. The smallest absolute Gasteiger partial charge is 0.0623 e. The third kappa shape index (κ3) is 4.94. The molecule has 3 unspecified atom stereocenters. The Balaban J connectivity index is 4.73. The number of hydrogen-bond acceptors (Lipinski definition) is 3. The quantitative estimate of drug-likeness (QED) is 0.195. The van der Waals surface area contributed by atoms with Crippen LogP contribution in [0.25, 0.3) is 0 Å². The largest absolute Gasteiger partial charge is 0.330 e. The van der Waals surface area contributed by atoms with Crippen molar-refractivity contribution in [3.8, 4) is 0 Å². The van der Waals surface area contributed by atoms with Gasteiger partial charge in [-0.05, 0) is 49.9 Å². The molecule has 4 atom stereocenters. The molecule has 96 valence electrons. The van der Waals surface area contributed by atoms with Gasteiger partial charge in [-0.3, -0.25) is 0 Å². The SMILES string of the molecule is C=CC(CC)C(CS)[C@@H](CCN)C(I)NC. The van der Waals surface area contributed by atoms with Gasteiger partial charge in [0, 0.05) is 0 Å². The van der Waals surface area contributed by atoms with E-state index < -0.39 is 0 Å². The van der Waals surface area contributed by atoms with Crippen LogP contribution in [-0.2, 0) is 0 Å². The normalized spacial score (nSPS) is 18.8. The van der Waals surface area contributed by atoms with Crippen LogP contribution >= 0.6 is 35.2 Å². The number of nitrogens with two attached hydrogens (primary N) is 1. The Morgan fingerprint density at radius 2 is 2.12 bits per heavy atom. The Hall–Kier alpha value is 0.740. The monoisotopic (exact) mass is 356 g/mol. The van der Waals surface area contributed by atoms with E-state index in [9.17, 15) is 0 Å². The number of nitrogens with one attached hydrogen (secondary N) is 1. The van der Waals surface area contributed by atoms with Gasteiger partial charge in [-0.25, -0.2) is 0 Å². The molecule has 4 heteroatoms. The van der Waals surface area contributed by atoms with Gasteiger partial charge < -0.3 is 11.1 Å². The van der Waals surface area contributed by atoms with Crippen molar-refractivity contribution in [1.29, 1.82) is 0 Å². The van der Waals surface area contributed by atoms with E-state index in [-0.39, 0.29) is 0 Å². The van der Waals surface area contributed by atoms with E-state index in [1.807, 2.05) is 7.05 Å². The molecule has 16 heavy (non-hydrogen) atoms. The lowest BCUT2D eigenvalue weighted by atomic mass is 9.79. The number of thiol groups is 1. The van der Waals surface area contributed by atoms with Crippen LogP contribution in [0.5, 0.6) is 0 Å². The lowest BCUT2D eigenvalue weighted by molar-refractivity contribution is 0.261. The minimum atomic E-state index is 0.451. The van der Waals surface area contributed by atoms with Gasteiger partial charge in [-0.1, -0.05) is 35.6 Å². The maximum Gasteiger partial charge on any atom is 0.0623 e. The first-order valence-electron chi connectivity index (χ1n) is 5.90. The van der Waals surface area contributed by atoms with Crippen LogP contribution < -0.4 is 11.1 Å². The number of halogens is 1. The van der Waals surface area contributed by atoms with Crippen molar-refractivity contribution in [3.05, 3.63) is 12.7 Å². The Morgan fingerprint density at radius 3 is 2.44 bits per heavy atom. The van der Waals surface area contributed by atoms with Crippen molar-refractivity contribution in [2.24, 2.45) is 23.5 Å². The molecule has 0 heterocycles. The molecule has 0 aliphatic rings. The average molecular weight is 356 g/mol. The second kappa shape index (κ2) is 9.74. The molecular formula is C12H25IN2S. The minimum absolute atomic E-state index is 0.451. The van der Waals surface area contributed by atoms with Crippen LogP contribution in [0.4, 0.5) is 0 Å². The number of rotatable bonds is 9. The molecule has 0 spiro atoms. The van der Waals surface area contributed by atoms with Gasteiger partial charge in [0.05, 0.1) is 4.05 Å². The molecule has 2 nitrogen and oxygen atoms in total. The van der Waals surface area contributed by atoms with Crippen molar-refractivity contribution in [3.63, 3.8) is 0 Å². The summed E-state index contributed by atoms with van der Waals surface area (Å²) in [5.74, 6) is 2.57. The van der Waals surface area contributed by atoms with Crippen molar-refractivity contribution in [2.45, 2.75) is 23.8 Å². The van der Waals surface area contributed by atoms with Gasteiger partial charge in [0.25, 0.3) is 0 Å². The highest BCUT2D eigenvalue weighted by molar-refractivity contribution is 14.1. The summed E-state index contributed by atoms with van der Waals surface area (Å²) in [7, 11) is 2.01. The zero-order valence-corrected chi connectivity index (χ0v) is 13.4. The second-order valence-electron chi connectivity index (χ2n) is 4.09. The Morgan fingerprint density at radius 1 is 1.50 bits per heavy atom. The van der Waals surface area contributed by atoms with Crippen molar-refractivity contribution in [1.82, 2.24) is 5.32 Å². The number of hydrogen-bond donors (Lipinski definition) is 3. The summed E-state index contributed by atoms with van der Waals surface area (Å²) in [6.45, 7) is 6.89. The average Bonchev–Trinajstić information content (AvgIpc) is 2.32. The lowest BCUT2D eigenvalue weighted by Crippen LogP contribution is -2.38. The van der Waals surface area contributed by atoms with E-state index in [2.05, 4.69) is 60.1 Å². The maximum atomic E-state index is 5.72. The zero-order valence-electron chi connectivity index (χ0n) is 10.3. The first-order valence-corrected chi connectivity index (χ1v) is 7.78. The fourth-order valence-electron chi connectivity index (χ4n) is 2.22. The molecule has 3 N–H and O–H groups in total. The molecule has 0 saturated heterocycles. The van der Waals surface area contributed by atoms with Crippen molar-refractivity contribution < 1.29 is 0 Å². The fraction of sp³-hybridized carbons (Fsp3) is 0.833. The zero-order chi connectivity index (χ0) is 12.6. The lowest BCUT2D eigenvalue weighted by Gasteiger charge is -2.33. The molecule has 0 fully saturated rings. The summed E-state index contributed by atoms with van der Waals surface area (Å²) in [6, 6.07) is 0. The molecule has 0 aromatic heterocycles. The maximum absolute atomic E-state index is 5.72. The third-order valence-electron chi connectivity index (χ3n) is 3.24. The summed E-state index contributed by atoms with van der Waals surface area (Å²) in [5, 5.41) is 3.33.